The number of halogens is 4. The molecule has 0 spiro atoms. The third-order valence-electron chi connectivity index (χ3n) is 7.92. The number of likely N-dealkylation sites (tertiary alicyclic amines) is 2. The molecule has 2 aliphatic heterocycles. The minimum atomic E-state index is -0.891. The Kier molecular flexibility index (Phi) is 11.5. The van der Waals surface area contributed by atoms with Gasteiger partial charge in [-0.15, -0.1) is 24.8 Å². The van der Waals surface area contributed by atoms with Crippen LogP contribution in [0.4, 0.5) is 19.4 Å². The molecule has 12 heteroatoms. The van der Waals surface area contributed by atoms with Crippen molar-refractivity contribution in [1.29, 1.82) is 0 Å². The van der Waals surface area contributed by atoms with Crippen LogP contribution in [0.3, 0.4) is 0 Å². The first kappa shape index (κ1) is 32.8. The second-order valence-corrected chi connectivity index (χ2v) is 10.5. The molecule has 5 rings (SSSR count). The van der Waals surface area contributed by atoms with Gasteiger partial charge in [-0.2, -0.15) is 5.10 Å². The Hall–Kier alpha value is -2.76. The topological polar surface area (TPSA) is 74.7 Å². The number of aromatic nitrogens is 2. The van der Waals surface area contributed by atoms with Gasteiger partial charge in [0.25, 0.3) is 0 Å². The van der Waals surface area contributed by atoms with E-state index in [0.717, 1.165) is 42.4 Å². The summed E-state index contributed by atoms with van der Waals surface area (Å²) in [5.74, 6) is -1.36. The molecule has 1 aromatic heterocycles. The molecule has 3 aromatic rings. The summed E-state index contributed by atoms with van der Waals surface area (Å²) in [5, 5.41) is 11.1. The number of nitrogens with one attached hydrogen (secondary N) is 2. The van der Waals surface area contributed by atoms with Crippen LogP contribution in [0.5, 0.6) is 0 Å². The first-order chi connectivity index (χ1) is 18.9. The van der Waals surface area contributed by atoms with Crippen molar-refractivity contribution in [2.75, 3.05) is 52.3 Å². The third-order valence-corrected chi connectivity index (χ3v) is 7.92. The number of carbonyl (C=O) groups is 1. The standard InChI is InChI=1S/C29H36F2N6O2.2ClH/c1-19-27(26-10-7-13-35(26)2)34-37(21-8-5-4-6-9-21)28(19)33-29(38)32-25-18-36(14-15-39-3)17-22(25)20-11-12-23(30)24(31)16-20;;/h4-6,8-9,11-12,16,22,25-26H,7,10,13-15,17-18H2,1-3H3,(H2,32,33,38);2*1H/t22-,25+,26+;;/m0../s1. The molecule has 8 nitrogen and oxygen atoms in total. The number of ether oxygens (including phenoxy) is 1. The Balaban J connectivity index is 0.00000231. The molecule has 2 aliphatic rings. The summed E-state index contributed by atoms with van der Waals surface area (Å²) < 4.78 is 34.8. The van der Waals surface area contributed by atoms with Gasteiger partial charge in [0.15, 0.2) is 11.6 Å². The fraction of sp³-hybridized carbons (Fsp3) is 0.448. The quantitative estimate of drug-likeness (QED) is 0.362. The lowest BCUT2D eigenvalue weighted by molar-refractivity contribution is 0.159. The van der Waals surface area contributed by atoms with E-state index in [9.17, 15) is 13.6 Å². The van der Waals surface area contributed by atoms with Crippen LogP contribution in [0.2, 0.25) is 0 Å². The minimum absolute atomic E-state index is 0. The molecule has 2 fully saturated rings. The summed E-state index contributed by atoms with van der Waals surface area (Å²) in [7, 11) is 3.74. The zero-order valence-electron chi connectivity index (χ0n) is 23.5. The van der Waals surface area contributed by atoms with Crippen LogP contribution < -0.4 is 10.6 Å². The summed E-state index contributed by atoms with van der Waals surface area (Å²) in [5.41, 5.74) is 3.39. The summed E-state index contributed by atoms with van der Waals surface area (Å²) in [6, 6.07) is 13.2. The second-order valence-electron chi connectivity index (χ2n) is 10.5. The van der Waals surface area contributed by atoms with Crippen LogP contribution in [0.1, 0.15) is 41.6 Å². The van der Waals surface area contributed by atoms with Gasteiger partial charge in [-0.1, -0.05) is 24.3 Å². The molecule has 2 N–H and O–H groups in total. The molecule has 0 radical (unpaired) electrons. The maximum absolute atomic E-state index is 14.1. The molecule has 2 saturated heterocycles. The third kappa shape index (κ3) is 7.18. The Morgan fingerprint density at radius 1 is 1.10 bits per heavy atom. The maximum Gasteiger partial charge on any atom is 0.320 e. The predicted molar refractivity (Wildman–Crippen MR) is 161 cm³/mol. The van der Waals surface area contributed by atoms with Gasteiger partial charge in [0.2, 0.25) is 0 Å². The summed E-state index contributed by atoms with van der Waals surface area (Å²) in [4.78, 5) is 17.9. The van der Waals surface area contributed by atoms with Crippen molar-refractivity contribution < 1.29 is 18.3 Å². The molecule has 0 aliphatic carbocycles. The van der Waals surface area contributed by atoms with E-state index in [2.05, 4.69) is 27.5 Å². The smallest absolute Gasteiger partial charge is 0.320 e. The molecule has 0 saturated carbocycles. The van der Waals surface area contributed by atoms with Crippen molar-refractivity contribution in [3.05, 3.63) is 77.0 Å². The van der Waals surface area contributed by atoms with Crippen molar-refractivity contribution in [3.8, 4) is 5.69 Å². The predicted octanol–water partition coefficient (Wildman–Crippen LogP) is 5.31. The van der Waals surface area contributed by atoms with E-state index >= 15 is 0 Å². The number of methoxy groups -OCH3 is 1. The Bertz CT molecular complexity index is 1310. The van der Waals surface area contributed by atoms with Gasteiger partial charge in [0.1, 0.15) is 5.82 Å². The lowest BCUT2D eigenvalue weighted by atomic mass is 9.94. The molecular weight excluding hydrogens is 573 g/mol. The Morgan fingerprint density at radius 2 is 1.85 bits per heavy atom. The first-order valence-corrected chi connectivity index (χ1v) is 13.4. The minimum Gasteiger partial charge on any atom is -0.383 e. The van der Waals surface area contributed by atoms with Crippen LogP contribution in [0, 0.1) is 18.6 Å². The van der Waals surface area contributed by atoms with Gasteiger partial charge in [-0.3, -0.25) is 15.1 Å². The van der Waals surface area contributed by atoms with Crippen molar-refractivity contribution in [3.63, 3.8) is 0 Å². The van der Waals surface area contributed by atoms with Crippen LogP contribution in [-0.4, -0.2) is 78.6 Å². The van der Waals surface area contributed by atoms with Crippen LogP contribution in [0.15, 0.2) is 48.5 Å². The van der Waals surface area contributed by atoms with Gasteiger partial charge in [0.05, 0.1) is 30.1 Å². The van der Waals surface area contributed by atoms with E-state index in [1.807, 2.05) is 37.3 Å². The number of nitrogens with zero attached hydrogens (tertiary/aromatic N) is 4. The number of urea groups is 1. The van der Waals surface area contributed by atoms with E-state index < -0.39 is 11.6 Å². The number of carbonyl (C=O) groups excluding carboxylic acids is 1. The normalized spacial score (nSPS) is 20.9. The zero-order chi connectivity index (χ0) is 27.5. The SMILES string of the molecule is COCCN1C[C@@H](NC(=O)Nc2c(C)c([C@H]3CCCN3C)nn2-c2ccccc2)[C@H](c2ccc(F)c(F)c2)C1.Cl.Cl. The number of benzene rings is 2. The van der Waals surface area contributed by atoms with Gasteiger partial charge < -0.3 is 10.1 Å². The number of anilines is 1. The second kappa shape index (κ2) is 14.4. The molecule has 0 bridgehead atoms. The fourth-order valence-corrected chi connectivity index (χ4v) is 5.82. The summed E-state index contributed by atoms with van der Waals surface area (Å²) in [6.07, 6.45) is 2.12. The molecule has 3 heterocycles. The molecule has 2 amide bonds. The Labute approximate surface area is 252 Å². The van der Waals surface area contributed by atoms with Crippen molar-refractivity contribution in [1.82, 2.24) is 24.9 Å². The summed E-state index contributed by atoms with van der Waals surface area (Å²) >= 11 is 0. The number of amides is 2. The fourth-order valence-electron chi connectivity index (χ4n) is 5.82. The van der Waals surface area contributed by atoms with Gasteiger partial charge in [0, 0.05) is 38.2 Å². The zero-order valence-corrected chi connectivity index (χ0v) is 25.1. The van der Waals surface area contributed by atoms with E-state index in [1.165, 1.54) is 6.07 Å². The maximum atomic E-state index is 14.1. The van der Waals surface area contributed by atoms with Crippen LogP contribution >= 0.6 is 24.8 Å². The molecule has 0 unspecified atom stereocenters. The lowest BCUT2D eigenvalue weighted by Gasteiger charge is -2.21. The average molecular weight is 612 g/mol. The van der Waals surface area contributed by atoms with Gasteiger partial charge >= 0.3 is 6.03 Å². The van der Waals surface area contributed by atoms with E-state index in [4.69, 9.17) is 9.84 Å². The largest absolute Gasteiger partial charge is 0.383 e. The lowest BCUT2D eigenvalue weighted by Crippen LogP contribution is -2.42. The molecule has 41 heavy (non-hydrogen) atoms. The van der Waals surface area contributed by atoms with Crippen molar-refractivity contribution >= 4 is 36.7 Å². The average Bonchev–Trinajstić information content (AvgIpc) is 3.62. The van der Waals surface area contributed by atoms with E-state index in [1.54, 1.807) is 17.9 Å². The molecule has 2 aromatic carbocycles. The van der Waals surface area contributed by atoms with Gasteiger partial charge in [-0.05, 0) is 63.2 Å². The molecular formula is C29H38Cl2F2N6O2. The number of hydrogen-bond acceptors (Lipinski definition) is 5. The molecule has 224 valence electrons. The highest BCUT2D eigenvalue weighted by Gasteiger charge is 2.36. The van der Waals surface area contributed by atoms with E-state index in [-0.39, 0.29) is 48.8 Å². The van der Waals surface area contributed by atoms with Crippen LogP contribution in [0.25, 0.3) is 5.69 Å². The highest BCUT2D eigenvalue weighted by atomic mass is 35.5. The van der Waals surface area contributed by atoms with E-state index in [0.29, 0.717) is 37.6 Å². The highest BCUT2D eigenvalue weighted by molar-refractivity contribution is 5.90. The monoisotopic (exact) mass is 610 g/mol. The van der Waals surface area contributed by atoms with Crippen LogP contribution in [-0.2, 0) is 4.74 Å². The first-order valence-electron chi connectivity index (χ1n) is 13.4. The number of hydrogen-bond donors (Lipinski definition) is 2. The Morgan fingerprint density at radius 3 is 2.51 bits per heavy atom. The molecule has 3 atom stereocenters. The number of para-hydroxylation sites is 1. The van der Waals surface area contributed by atoms with Crippen molar-refractivity contribution in [2.45, 2.75) is 37.8 Å². The highest BCUT2D eigenvalue weighted by Crippen LogP contribution is 2.35. The van der Waals surface area contributed by atoms with Gasteiger partial charge in [-0.25, -0.2) is 18.3 Å². The van der Waals surface area contributed by atoms with Crippen molar-refractivity contribution in [2.24, 2.45) is 0 Å². The number of rotatable bonds is 8. The summed E-state index contributed by atoms with van der Waals surface area (Å²) in [6.45, 7) is 5.38.